The van der Waals surface area contributed by atoms with Gasteiger partial charge in [0.15, 0.2) is 0 Å². The highest BCUT2D eigenvalue weighted by molar-refractivity contribution is 5.85. The molecule has 1 aliphatic carbocycles. The zero-order valence-electron chi connectivity index (χ0n) is 11.4. The molecule has 5 heteroatoms. The van der Waals surface area contributed by atoms with Crippen LogP contribution >= 0.6 is 12.4 Å². The number of benzene rings is 1. The van der Waals surface area contributed by atoms with Gasteiger partial charge in [0.1, 0.15) is 5.75 Å². The number of hydrogen-bond donors (Lipinski definition) is 2. The third kappa shape index (κ3) is 3.85. The van der Waals surface area contributed by atoms with E-state index < -0.39 is 0 Å². The first-order valence-corrected chi connectivity index (χ1v) is 6.30. The molecule has 1 fully saturated rings. The molecule has 1 aromatic carbocycles. The summed E-state index contributed by atoms with van der Waals surface area (Å²) < 4.78 is 5.14. The van der Waals surface area contributed by atoms with Gasteiger partial charge in [0.05, 0.1) is 12.6 Å². The minimum absolute atomic E-state index is 0. The topological polar surface area (TPSA) is 50.4 Å². The number of hydrogen-bond acceptors (Lipinski definition) is 3. The largest absolute Gasteiger partial charge is 0.497 e. The standard InChI is InChI=1S/C14H20N2O2.ClH/c1-15-10-7-13(17)16-14(8-9-14)11-3-5-12(18-2)6-4-11;/h3-6,15H,7-10H2,1-2H3,(H,16,17);1H. The summed E-state index contributed by atoms with van der Waals surface area (Å²) in [6.45, 7) is 0.713. The summed E-state index contributed by atoms with van der Waals surface area (Å²) in [6.07, 6.45) is 2.56. The van der Waals surface area contributed by atoms with E-state index in [-0.39, 0.29) is 23.9 Å². The fourth-order valence-corrected chi connectivity index (χ4v) is 2.09. The Hall–Kier alpha value is -1.26. The molecule has 1 aliphatic rings. The van der Waals surface area contributed by atoms with Gasteiger partial charge in [-0.2, -0.15) is 0 Å². The first-order chi connectivity index (χ1) is 8.70. The van der Waals surface area contributed by atoms with Gasteiger partial charge in [-0.3, -0.25) is 4.79 Å². The zero-order chi connectivity index (χ0) is 13.0. The molecule has 19 heavy (non-hydrogen) atoms. The van der Waals surface area contributed by atoms with Crippen LogP contribution in [0.3, 0.4) is 0 Å². The van der Waals surface area contributed by atoms with Crippen LogP contribution in [0, 0.1) is 0 Å². The van der Waals surface area contributed by atoms with Crippen LogP contribution in [0.25, 0.3) is 0 Å². The first kappa shape index (κ1) is 15.8. The molecule has 0 aromatic heterocycles. The minimum Gasteiger partial charge on any atom is -0.497 e. The Bertz CT molecular complexity index is 416. The second-order valence-corrected chi connectivity index (χ2v) is 4.71. The molecule has 1 aromatic rings. The smallest absolute Gasteiger partial charge is 0.221 e. The molecule has 0 atom stereocenters. The van der Waals surface area contributed by atoms with Gasteiger partial charge in [-0.1, -0.05) is 12.1 Å². The van der Waals surface area contributed by atoms with E-state index in [2.05, 4.69) is 10.6 Å². The van der Waals surface area contributed by atoms with Crippen LogP contribution in [-0.4, -0.2) is 26.6 Å². The van der Waals surface area contributed by atoms with Gasteiger partial charge in [-0.15, -0.1) is 12.4 Å². The molecular formula is C14H21ClN2O2. The number of methoxy groups -OCH3 is 1. The van der Waals surface area contributed by atoms with E-state index in [0.29, 0.717) is 13.0 Å². The Morgan fingerprint density at radius 2 is 1.95 bits per heavy atom. The predicted molar refractivity (Wildman–Crippen MR) is 77.8 cm³/mol. The molecule has 0 spiro atoms. The monoisotopic (exact) mass is 284 g/mol. The van der Waals surface area contributed by atoms with Gasteiger partial charge >= 0.3 is 0 Å². The van der Waals surface area contributed by atoms with E-state index >= 15 is 0 Å². The lowest BCUT2D eigenvalue weighted by Crippen LogP contribution is -2.36. The van der Waals surface area contributed by atoms with E-state index in [1.807, 2.05) is 31.3 Å². The van der Waals surface area contributed by atoms with Crippen molar-refractivity contribution in [2.24, 2.45) is 0 Å². The summed E-state index contributed by atoms with van der Waals surface area (Å²) in [5, 5.41) is 6.12. The summed E-state index contributed by atoms with van der Waals surface area (Å²) in [5.41, 5.74) is 1.04. The molecule has 0 heterocycles. The van der Waals surface area contributed by atoms with Crippen molar-refractivity contribution in [1.29, 1.82) is 0 Å². The summed E-state index contributed by atoms with van der Waals surface area (Å²) >= 11 is 0. The van der Waals surface area contributed by atoms with Gasteiger partial charge in [-0.25, -0.2) is 0 Å². The van der Waals surface area contributed by atoms with Crippen LogP contribution in [0.2, 0.25) is 0 Å². The van der Waals surface area contributed by atoms with Crippen LogP contribution in [0.5, 0.6) is 5.75 Å². The summed E-state index contributed by atoms with van der Waals surface area (Å²) in [6, 6.07) is 7.94. The fraction of sp³-hybridized carbons (Fsp3) is 0.500. The highest BCUT2D eigenvalue weighted by atomic mass is 35.5. The second-order valence-electron chi connectivity index (χ2n) is 4.71. The number of rotatable bonds is 6. The average molecular weight is 285 g/mol. The third-order valence-corrected chi connectivity index (χ3v) is 3.37. The molecule has 0 bridgehead atoms. The van der Waals surface area contributed by atoms with E-state index in [1.54, 1.807) is 7.11 Å². The molecule has 1 amide bonds. The van der Waals surface area contributed by atoms with Crippen LogP contribution in [0.4, 0.5) is 0 Å². The molecule has 106 valence electrons. The Kier molecular flexibility index (Phi) is 5.63. The highest BCUT2D eigenvalue weighted by Gasteiger charge is 2.45. The van der Waals surface area contributed by atoms with Crippen LogP contribution < -0.4 is 15.4 Å². The number of nitrogens with one attached hydrogen (secondary N) is 2. The summed E-state index contributed by atoms with van der Waals surface area (Å²) in [4.78, 5) is 11.8. The first-order valence-electron chi connectivity index (χ1n) is 6.30. The molecule has 0 radical (unpaired) electrons. The maximum absolute atomic E-state index is 11.8. The van der Waals surface area contributed by atoms with Crippen molar-refractivity contribution in [3.63, 3.8) is 0 Å². The van der Waals surface area contributed by atoms with Crippen LogP contribution in [0.1, 0.15) is 24.8 Å². The van der Waals surface area contributed by atoms with Crippen molar-refractivity contribution in [2.75, 3.05) is 20.7 Å². The minimum atomic E-state index is -0.128. The van der Waals surface area contributed by atoms with Gasteiger partial charge in [-0.05, 0) is 37.6 Å². The maximum atomic E-state index is 11.8. The number of ether oxygens (including phenoxy) is 1. The zero-order valence-corrected chi connectivity index (χ0v) is 12.2. The third-order valence-electron chi connectivity index (χ3n) is 3.37. The van der Waals surface area contributed by atoms with Crippen molar-refractivity contribution in [3.8, 4) is 5.75 Å². The molecule has 0 saturated heterocycles. The normalized spacial score (nSPS) is 15.3. The van der Waals surface area contributed by atoms with Crippen molar-refractivity contribution < 1.29 is 9.53 Å². The van der Waals surface area contributed by atoms with Gasteiger partial charge in [0, 0.05) is 13.0 Å². The molecule has 2 N–H and O–H groups in total. The Morgan fingerprint density at radius 3 is 2.42 bits per heavy atom. The van der Waals surface area contributed by atoms with E-state index in [4.69, 9.17) is 4.74 Å². The Morgan fingerprint density at radius 1 is 1.32 bits per heavy atom. The van der Waals surface area contributed by atoms with E-state index in [9.17, 15) is 4.79 Å². The SMILES string of the molecule is CNCCC(=O)NC1(c2ccc(OC)cc2)CC1.Cl. The molecule has 1 saturated carbocycles. The second kappa shape index (κ2) is 6.78. The van der Waals surface area contributed by atoms with Gasteiger partial charge in [0.2, 0.25) is 5.91 Å². The maximum Gasteiger partial charge on any atom is 0.221 e. The number of carbonyl (C=O) groups excluding carboxylic acids is 1. The van der Waals surface area contributed by atoms with Gasteiger partial charge in [0.25, 0.3) is 0 Å². The van der Waals surface area contributed by atoms with Crippen molar-refractivity contribution in [3.05, 3.63) is 29.8 Å². The Labute approximate surface area is 120 Å². The molecule has 4 nitrogen and oxygen atoms in total. The number of carbonyl (C=O) groups is 1. The summed E-state index contributed by atoms with van der Waals surface area (Å²) in [5.74, 6) is 0.953. The average Bonchev–Trinajstić information content (AvgIpc) is 3.17. The molecular weight excluding hydrogens is 264 g/mol. The Balaban J connectivity index is 0.00000180. The predicted octanol–water partition coefficient (Wildman–Crippen LogP) is 1.83. The molecule has 0 aliphatic heterocycles. The quantitative estimate of drug-likeness (QED) is 0.838. The van der Waals surface area contributed by atoms with Crippen molar-refractivity contribution in [1.82, 2.24) is 10.6 Å². The lowest BCUT2D eigenvalue weighted by atomic mass is 10.0. The van der Waals surface area contributed by atoms with Gasteiger partial charge < -0.3 is 15.4 Å². The molecule has 0 unspecified atom stereocenters. The summed E-state index contributed by atoms with van der Waals surface area (Å²) in [7, 11) is 3.51. The van der Waals surface area contributed by atoms with Crippen LogP contribution in [-0.2, 0) is 10.3 Å². The highest BCUT2D eigenvalue weighted by Crippen LogP contribution is 2.45. The fourth-order valence-electron chi connectivity index (χ4n) is 2.09. The number of halogens is 1. The van der Waals surface area contributed by atoms with Crippen molar-refractivity contribution in [2.45, 2.75) is 24.8 Å². The van der Waals surface area contributed by atoms with E-state index in [1.165, 1.54) is 5.56 Å². The van der Waals surface area contributed by atoms with Crippen LogP contribution in [0.15, 0.2) is 24.3 Å². The molecule has 2 rings (SSSR count). The number of amides is 1. The van der Waals surface area contributed by atoms with E-state index in [0.717, 1.165) is 18.6 Å². The van der Waals surface area contributed by atoms with Crippen molar-refractivity contribution >= 4 is 18.3 Å². The lowest BCUT2D eigenvalue weighted by Gasteiger charge is -2.18. The lowest BCUT2D eigenvalue weighted by molar-refractivity contribution is -0.122.